The van der Waals surface area contributed by atoms with Crippen LogP contribution >= 0.6 is 0 Å². The Labute approximate surface area is 121 Å². The monoisotopic (exact) mass is 285 g/mol. The van der Waals surface area contributed by atoms with Crippen LogP contribution in [0.1, 0.15) is 15.9 Å². The highest BCUT2D eigenvalue weighted by molar-refractivity contribution is 6.05. The fourth-order valence-corrected chi connectivity index (χ4v) is 1.94. The molecular weight excluding hydrogens is 270 g/mol. The van der Waals surface area contributed by atoms with Gasteiger partial charge in [0.15, 0.2) is 0 Å². The van der Waals surface area contributed by atoms with E-state index in [1.807, 2.05) is 26.1 Å². The summed E-state index contributed by atoms with van der Waals surface area (Å²) in [5.74, 6) is -0.246. The molecule has 21 heavy (non-hydrogen) atoms. The van der Waals surface area contributed by atoms with Crippen LogP contribution in [0, 0.1) is 17.0 Å². The van der Waals surface area contributed by atoms with E-state index >= 15 is 0 Å². The molecule has 2 N–H and O–H groups in total. The summed E-state index contributed by atoms with van der Waals surface area (Å²) < 4.78 is 0. The van der Waals surface area contributed by atoms with Crippen molar-refractivity contribution in [3.63, 3.8) is 0 Å². The molecule has 2 rings (SSSR count). The Hall–Kier alpha value is -2.89. The molecule has 0 atom stereocenters. The van der Waals surface area contributed by atoms with Crippen molar-refractivity contribution < 1.29 is 9.72 Å². The fraction of sp³-hybridized carbons (Fsp3) is 0.133. The molecule has 0 unspecified atom stereocenters. The number of carbonyl (C=O) groups excluding carboxylic acids is 1. The van der Waals surface area contributed by atoms with E-state index in [-0.39, 0.29) is 11.6 Å². The number of nitrogens with zero attached hydrogens (tertiary/aromatic N) is 1. The van der Waals surface area contributed by atoms with E-state index in [9.17, 15) is 14.9 Å². The molecule has 6 heteroatoms. The maximum Gasteiger partial charge on any atom is 0.269 e. The lowest BCUT2D eigenvalue weighted by Gasteiger charge is -2.09. The second-order valence-electron chi connectivity index (χ2n) is 4.54. The number of non-ortho nitro benzene ring substituents is 1. The molecule has 0 aromatic heterocycles. The van der Waals surface area contributed by atoms with Gasteiger partial charge in [0.1, 0.15) is 0 Å². The number of nitrogens with one attached hydrogen (secondary N) is 2. The van der Waals surface area contributed by atoms with Crippen molar-refractivity contribution in [3.8, 4) is 0 Å². The number of aryl methyl sites for hydroxylation is 1. The Morgan fingerprint density at radius 3 is 2.24 bits per heavy atom. The molecule has 0 aliphatic carbocycles. The molecule has 1 amide bonds. The quantitative estimate of drug-likeness (QED) is 0.667. The lowest BCUT2D eigenvalue weighted by atomic mass is 10.1. The van der Waals surface area contributed by atoms with Gasteiger partial charge in [-0.25, -0.2) is 0 Å². The van der Waals surface area contributed by atoms with Gasteiger partial charge in [-0.2, -0.15) is 0 Å². The zero-order valence-corrected chi connectivity index (χ0v) is 11.7. The molecule has 0 bridgehead atoms. The van der Waals surface area contributed by atoms with Crippen LogP contribution in [0.5, 0.6) is 0 Å². The van der Waals surface area contributed by atoms with Gasteiger partial charge in [-0.3, -0.25) is 14.9 Å². The summed E-state index contributed by atoms with van der Waals surface area (Å²) in [6, 6.07) is 11.2. The zero-order valence-electron chi connectivity index (χ0n) is 11.7. The average Bonchev–Trinajstić information content (AvgIpc) is 2.47. The van der Waals surface area contributed by atoms with Crippen molar-refractivity contribution in [2.24, 2.45) is 0 Å². The Morgan fingerprint density at radius 1 is 1.10 bits per heavy atom. The smallest absolute Gasteiger partial charge is 0.269 e. The average molecular weight is 285 g/mol. The molecule has 0 saturated heterocycles. The largest absolute Gasteiger partial charge is 0.388 e. The van der Waals surface area contributed by atoms with Gasteiger partial charge in [0.2, 0.25) is 0 Å². The van der Waals surface area contributed by atoms with Crippen molar-refractivity contribution >= 4 is 23.0 Å². The van der Waals surface area contributed by atoms with Gasteiger partial charge in [0.25, 0.3) is 11.6 Å². The van der Waals surface area contributed by atoms with Crippen LogP contribution in [-0.2, 0) is 0 Å². The third-order valence-electron chi connectivity index (χ3n) is 3.10. The Balaban J connectivity index is 2.16. The molecule has 6 nitrogen and oxygen atoms in total. The minimum absolute atomic E-state index is 0.0115. The lowest BCUT2D eigenvalue weighted by molar-refractivity contribution is -0.384. The summed E-state index contributed by atoms with van der Waals surface area (Å²) in [7, 11) is 1.81. The summed E-state index contributed by atoms with van der Waals surface area (Å²) in [5.41, 5.74) is 2.85. The van der Waals surface area contributed by atoms with Crippen molar-refractivity contribution in [1.29, 1.82) is 0 Å². The molecule has 0 spiro atoms. The third kappa shape index (κ3) is 3.36. The SMILES string of the molecule is CNc1ccc(C(=O)Nc2ccc([N+](=O)[O-])cc2)c(C)c1. The predicted octanol–water partition coefficient (Wildman–Crippen LogP) is 3.20. The number of nitro benzene ring substituents is 1. The van der Waals surface area contributed by atoms with E-state index in [1.54, 1.807) is 6.07 Å². The van der Waals surface area contributed by atoms with Crippen LogP contribution in [0.2, 0.25) is 0 Å². The summed E-state index contributed by atoms with van der Waals surface area (Å²) >= 11 is 0. The molecule has 0 radical (unpaired) electrons. The molecule has 0 fully saturated rings. The van der Waals surface area contributed by atoms with Crippen LogP contribution < -0.4 is 10.6 Å². The van der Waals surface area contributed by atoms with Crippen molar-refractivity contribution in [2.75, 3.05) is 17.7 Å². The zero-order chi connectivity index (χ0) is 15.4. The van der Waals surface area contributed by atoms with Crippen molar-refractivity contribution in [1.82, 2.24) is 0 Å². The van der Waals surface area contributed by atoms with Gasteiger partial charge in [-0.1, -0.05) is 0 Å². The van der Waals surface area contributed by atoms with E-state index in [0.29, 0.717) is 11.3 Å². The number of rotatable bonds is 4. The molecule has 2 aromatic rings. The number of anilines is 2. The number of amides is 1. The van der Waals surface area contributed by atoms with Gasteiger partial charge in [-0.05, 0) is 42.8 Å². The van der Waals surface area contributed by atoms with Gasteiger partial charge < -0.3 is 10.6 Å². The first-order valence-electron chi connectivity index (χ1n) is 6.35. The molecule has 0 heterocycles. The summed E-state index contributed by atoms with van der Waals surface area (Å²) in [6.07, 6.45) is 0. The fourth-order valence-electron chi connectivity index (χ4n) is 1.94. The summed E-state index contributed by atoms with van der Waals surface area (Å²) in [5, 5.41) is 16.3. The Kier molecular flexibility index (Phi) is 4.18. The second kappa shape index (κ2) is 6.04. The number of hydrogen-bond acceptors (Lipinski definition) is 4. The summed E-state index contributed by atoms with van der Waals surface area (Å²) in [4.78, 5) is 22.3. The van der Waals surface area contributed by atoms with Crippen LogP contribution in [0.25, 0.3) is 0 Å². The first kappa shape index (κ1) is 14.5. The number of hydrogen-bond donors (Lipinski definition) is 2. The van der Waals surface area contributed by atoms with Gasteiger partial charge in [-0.15, -0.1) is 0 Å². The maximum absolute atomic E-state index is 12.2. The highest BCUT2D eigenvalue weighted by Gasteiger charge is 2.11. The maximum atomic E-state index is 12.2. The topological polar surface area (TPSA) is 84.3 Å². The van der Waals surface area contributed by atoms with Crippen LogP contribution in [0.15, 0.2) is 42.5 Å². The lowest BCUT2D eigenvalue weighted by Crippen LogP contribution is -2.13. The first-order valence-corrected chi connectivity index (χ1v) is 6.35. The van der Waals surface area contributed by atoms with E-state index in [4.69, 9.17) is 0 Å². The minimum atomic E-state index is -0.480. The number of carbonyl (C=O) groups is 1. The van der Waals surface area contributed by atoms with Gasteiger partial charge in [0, 0.05) is 36.1 Å². The van der Waals surface area contributed by atoms with E-state index < -0.39 is 4.92 Å². The molecule has 0 saturated carbocycles. The third-order valence-corrected chi connectivity index (χ3v) is 3.10. The predicted molar refractivity (Wildman–Crippen MR) is 81.8 cm³/mol. The van der Waals surface area contributed by atoms with E-state index in [1.165, 1.54) is 24.3 Å². The van der Waals surface area contributed by atoms with Gasteiger partial charge >= 0.3 is 0 Å². The Bertz CT molecular complexity index is 681. The van der Waals surface area contributed by atoms with E-state index in [2.05, 4.69) is 10.6 Å². The molecule has 108 valence electrons. The van der Waals surface area contributed by atoms with Gasteiger partial charge in [0.05, 0.1) is 4.92 Å². The number of nitro groups is 1. The highest BCUT2D eigenvalue weighted by Crippen LogP contribution is 2.19. The molecule has 0 aliphatic heterocycles. The molecular formula is C15H15N3O3. The minimum Gasteiger partial charge on any atom is -0.388 e. The Morgan fingerprint density at radius 2 is 1.71 bits per heavy atom. The van der Waals surface area contributed by atoms with Crippen LogP contribution in [0.3, 0.4) is 0 Å². The highest BCUT2D eigenvalue weighted by atomic mass is 16.6. The van der Waals surface area contributed by atoms with Crippen LogP contribution in [-0.4, -0.2) is 17.9 Å². The van der Waals surface area contributed by atoms with Crippen molar-refractivity contribution in [2.45, 2.75) is 6.92 Å². The standard InChI is InChI=1S/C15H15N3O3/c1-10-9-12(16-2)5-8-14(10)15(19)17-11-3-6-13(7-4-11)18(20)21/h3-9,16H,1-2H3,(H,17,19). The molecule has 0 aliphatic rings. The normalized spacial score (nSPS) is 10.0. The van der Waals surface area contributed by atoms with E-state index in [0.717, 1.165) is 11.3 Å². The van der Waals surface area contributed by atoms with Crippen molar-refractivity contribution in [3.05, 3.63) is 63.7 Å². The van der Waals surface area contributed by atoms with Crippen LogP contribution in [0.4, 0.5) is 17.1 Å². The first-order chi connectivity index (χ1) is 10.0. The molecule has 2 aromatic carbocycles. The summed E-state index contributed by atoms with van der Waals surface area (Å²) in [6.45, 7) is 1.85. The second-order valence-corrected chi connectivity index (χ2v) is 4.54. The number of benzene rings is 2.